The number of rotatable bonds is 8. The average Bonchev–Trinajstić information content (AvgIpc) is 3.43. The lowest BCUT2D eigenvalue weighted by Gasteiger charge is -2.31. The van der Waals surface area contributed by atoms with Crippen molar-refractivity contribution in [2.75, 3.05) is 13.7 Å². The summed E-state index contributed by atoms with van der Waals surface area (Å²) in [6.45, 7) is -0.0331. The minimum Gasteiger partial charge on any atom is -0.497 e. The van der Waals surface area contributed by atoms with Crippen LogP contribution in [0.2, 0.25) is 0 Å². The molecule has 1 aromatic heterocycles. The molecule has 0 bridgehead atoms. The van der Waals surface area contributed by atoms with Crippen LogP contribution >= 0.6 is 7.37 Å². The molecule has 12 nitrogen and oxygen atoms in total. The molecule has 0 spiro atoms. The second kappa shape index (κ2) is 16.4. The predicted octanol–water partition coefficient (Wildman–Crippen LogP) is 6.95. The molecule has 4 fully saturated rings. The lowest BCUT2D eigenvalue weighted by Crippen LogP contribution is -2.55. The van der Waals surface area contributed by atoms with Gasteiger partial charge in [0.15, 0.2) is 0 Å². The molecule has 4 aliphatic rings. The average molecular weight is 783 g/mol. The van der Waals surface area contributed by atoms with Crippen LogP contribution in [0.1, 0.15) is 89.0 Å². The Morgan fingerprint density at radius 1 is 1.00 bits per heavy atom. The highest BCUT2D eigenvalue weighted by atomic mass is 31.2. The number of methoxy groups -OCH3 is 1. The Bertz CT molecular complexity index is 1940. The fourth-order valence-corrected chi connectivity index (χ4v) is 11.1. The number of benzene rings is 2. The molecule has 0 radical (unpaired) electrons. The zero-order valence-electron chi connectivity index (χ0n) is 31.0. The van der Waals surface area contributed by atoms with Crippen LogP contribution in [0.15, 0.2) is 48.7 Å². The van der Waals surface area contributed by atoms with Gasteiger partial charge >= 0.3 is 6.09 Å². The number of ether oxygens (including phenoxy) is 3. The van der Waals surface area contributed by atoms with E-state index in [0.717, 1.165) is 68.9 Å². The van der Waals surface area contributed by atoms with Crippen LogP contribution in [0.5, 0.6) is 11.6 Å². The smallest absolute Gasteiger partial charge is 0.408 e. The molecule has 1 unspecified atom stereocenters. The molecule has 3 aromatic rings. The number of nitrogens with zero attached hydrogens (tertiary/aromatic N) is 2. The second-order valence-electron chi connectivity index (χ2n) is 15.4. The Balaban J connectivity index is 1.19. The molecule has 3 amide bonds. The third kappa shape index (κ3) is 8.45. The van der Waals surface area contributed by atoms with E-state index in [1.807, 2.05) is 18.2 Å². The molecule has 2 saturated carbocycles. The summed E-state index contributed by atoms with van der Waals surface area (Å²) in [6.07, 6.45) is 7.45. The lowest BCUT2D eigenvalue weighted by molar-refractivity contribution is -0.140. The molecule has 15 heteroatoms. The second-order valence-corrected chi connectivity index (χ2v) is 17.9. The monoisotopic (exact) mass is 782 g/mol. The topological polar surface area (TPSA) is 156 Å². The van der Waals surface area contributed by atoms with Gasteiger partial charge in [-0.2, -0.15) is 0 Å². The van der Waals surface area contributed by atoms with Gasteiger partial charge in [0.1, 0.15) is 47.0 Å². The van der Waals surface area contributed by atoms with Crippen molar-refractivity contribution in [3.05, 3.63) is 65.9 Å². The Morgan fingerprint density at radius 2 is 1.71 bits per heavy atom. The van der Waals surface area contributed by atoms with Crippen molar-refractivity contribution in [1.82, 2.24) is 20.5 Å². The predicted molar refractivity (Wildman–Crippen MR) is 200 cm³/mol. The van der Waals surface area contributed by atoms with E-state index in [1.54, 1.807) is 19.4 Å². The van der Waals surface area contributed by atoms with Crippen molar-refractivity contribution in [2.24, 2.45) is 5.92 Å². The van der Waals surface area contributed by atoms with Gasteiger partial charge in [0.05, 0.1) is 19.8 Å². The number of aromatic nitrogens is 1. The van der Waals surface area contributed by atoms with Crippen LogP contribution in [0, 0.1) is 17.6 Å². The molecule has 7 rings (SSSR count). The molecule has 2 aromatic carbocycles. The first-order chi connectivity index (χ1) is 26.5. The first-order valence-corrected chi connectivity index (χ1v) is 21.3. The van der Waals surface area contributed by atoms with Crippen molar-refractivity contribution >= 4 is 36.0 Å². The van der Waals surface area contributed by atoms with Crippen LogP contribution in [0.4, 0.5) is 13.6 Å². The van der Waals surface area contributed by atoms with Gasteiger partial charge in [0.25, 0.3) is 0 Å². The third-order valence-electron chi connectivity index (χ3n) is 11.7. The largest absolute Gasteiger partial charge is 0.497 e. The highest BCUT2D eigenvalue weighted by Crippen LogP contribution is 2.71. The van der Waals surface area contributed by atoms with Gasteiger partial charge < -0.3 is 34.6 Å². The van der Waals surface area contributed by atoms with E-state index < -0.39 is 78.0 Å². The SMILES string of the molecule is COc1ccc2c(O[C@@H]3C[C@H]4C(=O)N[C@]5(P(=O)(O)Cc6c(F)cccc6F)C[C@H]5CCCCCCC[C@H](NC(=O)OC5CCCC5)C(=O)N4C3)nccc2c1. The minimum absolute atomic E-state index is 0.0173. The normalized spacial score (nSPS) is 27.5. The fraction of sp³-hybridized carbons (Fsp3) is 0.550. The van der Waals surface area contributed by atoms with Gasteiger partial charge in [0, 0.05) is 23.6 Å². The van der Waals surface area contributed by atoms with Gasteiger partial charge in [-0.05, 0) is 92.6 Å². The summed E-state index contributed by atoms with van der Waals surface area (Å²) in [5, 5.41) is 5.54. The van der Waals surface area contributed by atoms with Gasteiger partial charge in [0.2, 0.25) is 25.1 Å². The molecule has 2 aliphatic heterocycles. The highest BCUT2D eigenvalue weighted by Gasteiger charge is 2.66. The maximum absolute atomic E-state index is 14.8. The number of hydrogen-bond donors (Lipinski definition) is 3. The number of alkyl carbamates (subject to hydrolysis) is 1. The fourth-order valence-electron chi connectivity index (χ4n) is 8.60. The van der Waals surface area contributed by atoms with Crippen LogP contribution in [-0.4, -0.2) is 75.9 Å². The third-order valence-corrected chi connectivity index (χ3v) is 14.4. The molecule has 2 saturated heterocycles. The van der Waals surface area contributed by atoms with Gasteiger partial charge in [-0.1, -0.05) is 38.2 Å². The summed E-state index contributed by atoms with van der Waals surface area (Å²) >= 11 is 0. The van der Waals surface area contributed by atoms with E-state index >= 15 is 0 Å². The lowest BCUT2D eigenvalue weighted by atomic mass is 10.0. The van der Waals surface area contributed by atoms with Crippen LogP contribution < -0.4 is 20.1 Å². The van der Waals surface area contributed by atoms with Crippen LogP contribution in [0.3, 0.4) is 0 Å². The highest BCUT2D eigenvalue weighted by molar-refractivity contribution is 7.59. The van der Waals surface area contributed by atoms with Gasteiger partial charge in [-0.3, -0.25) is 14.2 Å². The van der Waals surface area contributed by atoms with Crippen molar-refractivity contribution in [3.8, 4) is 11.6 Å². The molecule has 2 aliphatic carbocycles. The van der Waals surface area contributed by atoms with E-state index in [9.17, 15) is 32.6 Å². The van der Waals surface area contributed by atoms with Gasteiger partial charge in [-0.15, -0.1) is 0 Å². The van der Waals surface area contributed by atoms with Crippen molar-refractivity contribution in [1.29, 1.82) is 0 Å². The molecule has 296 valence electrons. The first kappa shape index (κ1) is 39.0. The minimum atomic E-state index is -4.49. The quantitative estimate of drug-likeness (QED) is 0.206. The number of pyridine rings is 1. The first-order valence-electron chi connectivity index (χ1n) is 19.4. The Hall–Kier alpha value is -4.29. The molecule has 55 heavy (non-hydrogen) atoms. The number of carbonyl (C=O) groups is 3. The molecular formula is C40H49F2N4O8P. The van der Waals surface area contributed by atoms with Gasteiger partial charge in [-0.25, -0.2) is 18.6 Å². The number of amides is 3. The summed E-state index contributed by atoms with van der Waals surface area (Å²) in [7, 11) is -2.93. The Morgan fingerprint density at radius 3 is 2.45 bits per heavy atom. The molecule has 3 N–H and O–H groups in total. The van der Waals surface area contributed by atoms with Crippen molar-refractivity contribution in [3.63, 3.8) is 0 Å². The van der Waals surface area contributed by atoms with Crippen molar-refractivity contribution in [2.45, 2.75) is 119 Å². The van der Waals surface area contributed by atoms with Crippen LogP contribution in [-0.2, 0) is 25.1 Å². The maximum atomic E-state index is 14.8. The zero-order chi connectivity index (χ0) is 38.7. The number of fused-ring (bicyclic) bond motifs is 3. The number of nitrogens with one attached hydrogen (secondary N) is 2. The Labute approximate surface area is 319 Å². The summed E-state index contributed by atoms with van der Waals surface area (Å²) < 4.78 is 61.4. The zero-order valence-corrected chi connectivity index (χ0v) is 31.9. The standard InChI is InChI=1S/C40H49F2N4O8P/c1-52-28-16-17-30-25(20-28)18-19-43-37(30)53-29-21-35-36(47)45-40(55(50,51)24-31-32(41)13-9-14-33(31)42)22-26(40)10-5-3-2-4-6-15-34(38(48)46(35)23-29)44-39(49)54-27-11-7-8-12-27/h9,13-14,16-20,26-27,29,34-35H,2-8,10-12,15,21-24H2,1H3,(H,44,49)(H,45,47)(H,50,51)/t26-,29-,34+,35+,40+/m1/s1. The van der Waals surface area contributed by atoms with E-state index in [4.69, 9.17) is 14.2 Å². The van der Waals surface area contributed by atoms with Crippen LogP contribution in [0.25, 0.3) is 10.8 Å². The summed E-state index contributed by atoms with van der Waals surface area (Å²) in [4.78, 5) is 59.7. The van der Waals surface area contributed by atoms with E-state index in [2.05, 4.69) is 15.6 Å². The summed E-state index contributed by atoms with van der Waals surface area (Å²) in [5.41, 5.74) is -0.511. The molecule has 6 atom stereocenters. The Kier molecular flexibility index (Phi) is 11.6. The summed E-state index contributed by atoms with van der Waals surface area (Å²) in [6, 6.07) is 8.35. The summed E-state index contributed by atoms with van der Waals surface area (Å²) in [5.74, 6) is -2.52. The van der Waals surface area contributed by atoms with E-state index in [-0.39, 0.29) is 25.5 Å². The number of hydrogen-bond acceptors (Lipinski definition) is 8. The van der Waals surface area contributed by atoms with E-state index in [0.29, 0.717) is 36.3 Å². The number of carbonyl (C=O) groups excluding carboxylic acids is 3. The maximum Gasteiger partial charge on any atom is 0.408 e. The van der Waals surface area contributed by atoms with E-state index in [1.165, 1.54) is 11.0 Å². The van der Waals surface area contributed by atoms with Crippen molar-refractivity contribution < 1.29 is 46.8 Å². The molecule has 3 heterocycles. The number of halogens is 2. The molecular weight excluding hydrogens is 733 g/mol.